The molecule has 8 nitrogen and oxygen atoms in total. The van der Waals surface area contributed by atoms with Gasteiger partial charge in [0.05, 0.1) is 28.3 Å². The topological polar surface area (TPSA) is 96.0 Å². The molecule has 2 amide bonds. The zero-order valence-electron chi connectivity index (χ0n) is 28.0. The molecule has 1 fully saturated rings. The molecule has 1 N–H and O–H groups in total. The van der Waals surface area contributed by atoms with E-state index in [-0.39, 0.29) is 23.9 Å². The molecule has 1 aliphatic carbocycles. The van der Waals surface area contributed by atoms with E-state index in [1.54, 1.807) is 30.3 Å². The van der Waals surface area contributed by atoms with Gasteiger partial charge < -0.3 is 15.0 Å². The highest BCUT2D eigenvalue weighted by Crippen LogP contribution is 2.38. The zero-order chi connectivity index (χ0) is 36.6. The molecule has 5 rings (SSSR count). The van der Waals surface area contributed by atoms with Crippen molar-refractivity contribution in [3.8, 4) is 5.75 Å². The molecule has 1 atom stereocenters. The molecule has 0 aliphatic heterocycles. The van der Waals surface area contributed by atoms with Gasteiger partial charge in [0.1, 0.15) is 18.3 Å². The van der Waals surface area contributed by atoms with Gasteiger partial charge >= 0.3 is 6.18 Å². The van der Waals surface area contributed by atoms with Gasteiger partial charge in [-0.2, -0.15) is 13.2 Å². The second kappa shape index (κ2) is 16.6. The Morgan fingerprint density at radius 3 is 2.18 bits per heavy atom. The van der Waals surface area contributed by atoms with Crippen molar-refractivity contribution in [1.82, 2.24) is 10.2 Å². The van der Waals surface area contributed by atoms with Gasteiger partial charge in [-0.3, -0.25) is 13.9 Å². The number of alkyl halides is 3. The first-order valence-corrected chi connectivity index (χ1v) is 18.4. The highest BCUT2D eigenvalue weighted by atomic mass is 35.5. The summed E-state index contributed by atoms with van der Waals surface area (Å²) in [5.74, 6) is -0.717. The fourth-order valence-electron chi connectivity index (χ4n) is 6.20. The predicted molar refractivity (Wildman–Crippen MR) is 190 cm³/mol. The number of anilines is 1. The van der Waals surface area contributed by atoms with Gasteiger partial charge in [-0.25, -0.2) is 8.42 Å². The van der Waals surface area contributed by atoms with Gasteiger partial charge in [0, 0.05) is 19.0 Å². The summed E-state index contributed by atoms with van der Waals surface area (Å²) in [6.07, 6.45) is -0.270. The van der Waals surface area contributed by atoms with E-state index in [1.165, 1.54) is 36.3 Å². The van der Waals surface area contributed by atoms with E-state index in [4.69, 9.17) is 16.3 Å². The van der Waals surface area contributed by atoms with Crippen LogP contribution < -0.4 is 14.4 Å². The number of nitrogens with zero attached hydrogens (tertiary/aromatic N) is 2. The highest BCUT2D eigenvalue weighted by Gasteiger charge is 2.38. The van der Waals surface area contributed by atoms with Crippen LogP contribution in [0, 0.1) is 0 Å². The van der Waals surface area contributed by atoms with E-state index >= 15 is 0 Å². The van der Waals surface area contributed by atoms with Gasteiger partial charge in [0.25, 0.3) is 10.0 Å². The molecule has 4 aromatic carbocycles. The smallest absolute Gasteiger partial charge is 0.417 e. The van der Waals surface area contributed by atoms with Crippen LogP contribution in [-0.4, -0.2) is 50.9 Å². The number of carbonyl (C=O) groups excluding carboxylic acids is 2. The second-order valence-electron chi connectivity index (χ2n) is 12.4. The number of sulfonamides is 1. The van der Waals surface area contributed by atoms with Crippen LogP contribution in [0.25, 0.3) is 0 Å². The maximum atomic E-state index is 14.7. The van der Waals surface area contributed by atoms with Gasteiger partial charge in [-0.15, -0.1) is 0 Å². The first kappa shape index (κ1) is 37.7. The molecule has 0 saturated heterocycles. The molecular weight excluding hydrogens is 703 g/mol. The van der Waals surface area contributed by atoms with Gasteiger partial charge in [-0.05, 0) is 66.4 Å². The fourth-order valence-corrected chi connectivity index (χ4v) is 7.85. The molecule has 0 unspecified atom stereocenters. The van der Waals surface area contributed by atoms with Gasteiger partial charge in [-0.1, -0.05) is 91.5 Å². The predicted octanol–water partition coefficient (Wildman–Crippen LogP) is 7.65. The summed E-state index contributed by atoms with van der Waals surface area (Å²) < 4.78 is 76.4. The number of hydrogen-bond acceptors (Lipinski definition) is 5. The number of halogens is 4. The van der Waals surface area contributed by atoms with Crippen LogP contribution in [0.1, 0.15) is 48.8 Å². The summed E-state index contributed by atoms with van der Waals surface area (Å²) in [4.78, 5) is 30.0. The molecule has 1 aliphatic rings. The number of methoxy groups -OCH3 is 1. The summed E-state index contributed by atoms with van der Waals surface area (Å²) >= 11 is 5.90. The van der Waals surface area contributed by atoms with E-state index in [1.807, 2.05) is 30.3 Å². The van der Waals surface area contributed by atoms with Crippen LogP contribution in [0.15, 0.2) is 108 Å². The number of amides is 2. The zero-order valence-corrected chi connectivity index (χ0v) is 29.6. The number of hydrogen-bond donors (Lipinski definition) is 1. The van der Waals surface area contributed by atoms with Crippen LogP contribution in [-0.2, 0) is 38.8 Å². The van der Waals surface area contributed by atoms with Crippen LogP contribution in [0.5, 0.6) is 5.75 Å². The molecule has 270 valence electrons. The second-order valence-corrected chi connectivity index (χ2v) is 14.7. The third-order valence-electron chi connectivity index (χ3n) is 8.86. The molecule has 4 aromatic rings. The van der Waals surface area contributed by atoms with E-state index in [9.17, 15) is 31.2 Å². The molecule has 0 spiro atoms. The van der Waals surface area contributed by atoms with Crippen molar-refractivity contribution in [3.63, 3.8) is 0 Å². The Hall–Kier alpha value is -4.55. The summed E-state index contributed by atoms with van der Waals surface area (Å²) in [5, 5.41) is 2.50. The van der Waals surface area contributed by atoms with Crippen LogP contribution >= 0.6 is 11.6 Å². The van der Waals surface area contributed by atoms with Crippen LogP contribution in [0.3, 0.4) is 0 Å². The fraction of sp³-hybridized carbons (Fsp3) is 0.316. The molecule has 13 heteroatoms. The van der Waals surface area contributed by atoms with Crippen molar-refractivity contribution in [2.45, 2.75) is 68.2 Å². The minimum atomic E-state index is -4.91. The summed E-state index contributed by atoms with van der Waals surface area (Å²) in [7, 11) is -3.12. The average Bonchev–Trinajstić information content (AvgIpc) is 3.13. The Kier molecular flexibility index (Phi) is 12.3. The van der Waals surface area contributed by atoms with E-state index in [0.29, 0.717) is 21.7 Å². The number of ether oxygens (including phenoxy) is 1. The average molecular weight is 742 g/mol. The van der Waals surface area contributed by atoms with Gasteiger partial charge in [0.15, 0.2) is 0 Å². The quantitative estimate of drug-likeness (QED) is 0.152. The minimum Gasteiger partial charge on any atom is -0.497 e. The maximum Gasteiger partial charge on any atom is 0.417 e. The van der Waals surface area contributed by atoms with Crippen molar-refractivity contribution >= 4 is 39.1 Å². The molecule has 0 bridgehead atoms. The third kappa shape index (κ3) is 9.62. The standard InChI is InChI=1S/C38H39ClF3N3O5S/c1-50-31-17-11-14-28(22-31)25-44(35(23-27-12-5-2-6-13-27)37(47)43-29-15-7-3-8-16-29)36(46)26-45(51(48,49)32-18-9-4-10-19-32)30-20-21-34(39)33(24-30)38(40,41)42/h2,4-6,9-14,17-22,24,29,35H,3,7-8,15-16,23,25-26H2,1H3,(H,43,47)/t35-/m1/s1. The van der Waals surface area contributed by atoms with Crippen LogP contribution in [0.2, 0.25) is 5.02 Å². The molecular formula is C38H39ClF3N3O5S. The lowest BCUT2D eigenvalue weighted by atomic mass is 9.94. The van der Waals surface area contributed by atoms with Crippen LogP contribution in [0.4, 0.5) is 18.9 Å². The van der Waals surface area contributed by atoms with Crippen molar-refractivity contribution in [1.29, 1.82) is 0 Å². The highest BCUT2D eigenvalue weighted by molar-refractivity contribution is 7.92. The lowest BCUT2D eigenvalue weighted by molar-refractivity contribution is -0.140. The maximum absolute atomic E-state index is 14.7. The normalized spacial score (nSPS) is 14.4. The van der Waals surface area contributed by atoms with Crippen molar-refractivity contribution in [2.75, 3.05) is 18.0 Å². The van der Waals surface area contributed by atoms with E-state index < -0.39 is 56.9 Å². The van der Waals surface area contributed by atoms with Crippen molar-refractivity contribution in [2.24, 2.45) is 0 Å². The largest absolute Gasteiger partial charge is 0.497 e. The Morgan fingerprint density at radius 2 is 1.53 bits per heavy atom. The number of benzene rings is 4. The SMILES string of the molecule is COc1cccc(CN(C(=O)CN(c2ccc(Cl)c(C(F)(F)F)c2)S(=O)(=O)c2ccccc2)[C@H](Cc2ccccc2)C(=O)NC2CCCCC2)c1. The molecule has 0 radical (unpaired) electrons. The van der Waals surface area contributed by atoms with E-state index in [0.717, 1.165) is 49.8 Å². The molecule has 51 heavy (non-hydrogen) atoms. The molecule has 0 aromatic heterocycles. The number of nitrogens with one attached hydrogen (secondary N) is 1. The van der Waals surface area contributed by atoms with Crippen molar-refractivity contribution in [3.05, 3.63) is 125 Å². The first-order valence-electron chi connectivity index (χ1n) is 16.6. The van der Waals surface area contributed by atoms with Crippen molar-refractivity contribution < 1.29 is 35.9 Å². The molecule has 1 saturated carbocycles. The Bertz CT molecular complexity index is 1910. The minimum absolute atomic E-state index is 0.0943. The lowest BCUT2D eigenvalue weighted by Crippen LogP contribution is -2.55. The van der Waals surface area contributed by atoms with Gasteiger partial charge in [0.2, 0.25) is 11.8 Å². The lowest BCUT2D eigenvalue weighted by Gasteiger charge is -2.35. The summed E-state index contributed by atoms with van der Waals surface area (Å²) in [6, 6.07) is 24.6. The summed E-state index contributed by atoms with van der Waals surface area (Å²) in [6.45, 7) is -1.04. The Labute approximate surface area is 301 Å². The monoisotopic (exact) mass is 741 g/mol. The Balaban J connectivity index is 1.61. The molecule has 0 heterocycles. The summed E-state index contributed by atoms with van der Waals surface area (Å²) in [5.41, 5.74) is -0.332. The number of rotatable bonds is 13. The first-order chi connectivity index (χ1) is 24.4. The third-order valence-corrected chi connectivity index (χ3v) is 11.0. The van der Waals surface area contributed by atoms with E-state index in [2.05, 4.69) is 5.32 Å². The Morgan fingerprint density at radius 1 is 0.882 bits per heavy atom. The number of carbonyl (C=O) groups is 2.